The number of aliphatic hydroxyl groups is 2. The first-order valence-electron chi connectivity index (χ1n) is 25.6. The van der Waals surface area contributed by atoms with Gasteiger partial charge < -0.3 is 97.8 Å². The molecule has 28 heteroatoms. The van der Waals surface area contributed by atoms with Crippen LogP contribution in [-0.4, -0.2) is 99.5 Å². The van der Waals surface area contributed by atoms with E-state index in [2.05, 4.69) is 31.9 Å². The smallest absolute Gasteiger partial charge is 0.330 e. The molecule has 13 rings (SSSR count). The molecule has 0 aliphatic carbocycles. The quantitative estimate of drug-likeness (QED) is 0.108. The Morgan fingerprint density at radius 2 is 0.930 bits per heavy atom. The van der Waals surface area contributed by atoms with E-state index >= 15 is 14.4 Å². The van der Waals surface area contributed by atoms with Crippen molar-refractivity contribution in [1.29, 1.82) is 0 Å². The number of aromatic hydroxyl groups is 6. The number of nitrogens with two attached hydrogens (primary N) is 1. The van der Waals surface area contributed by atoms with Crippen molar-refractivity contribution in [2.24, 2.45) is 5.73 Å². The molecule has 6 aliphatic rings. The van der Waals surface area contributed by atoms with Crippen LogP contribution in [0.15, 0.2) is 115 Å². The monoisotopic (exact) mass is 1210 g/mol. The normalized spacial score (nSPS) is 22.8. The topological polar surface area (TPSA) is 427 Å². The van der Waals surface area contributed by atoms with Crippen LogP contribution in [0.25, 0.3) is 11.1 Å². The Labute approximate surface area is 492 Å². The highest BCUT2D eigenvalue weighted by Gasteiger charge is 2.42. The summed E-state index contributed by atoms with van der Waals surface area (Å²) in [4.78, 5) is 103. The lowest BCUT2D eigenvalue weighted by Gasteiger charge is -2.31. The molecule has 7 aromatic carbocycles. The molecule has 0 radical (unpaired) electrons. The third-order valence-electron chi connectivity index (χ3n) is 14.6. The number of aliphatic carboxylic acids is 1. The van der Waals surface area contributed by atoms with Crippen molar-refractivity contribution in [1.82, 2.24) is 31.9 Å². The molecule has 17 N–H and O–H groups in total. The van der Waals surface area contributed by atoms with Gasteiger partial charge in [0, 0.05) is 28.8 Å². The van der Waals surface area contributed by atoms with Gasteiger partial charge in [0.1, 0.15) is 88.7 Å². The minimum absolute atomic E-state index is 0.0357. The largest absolute Gasteiger partial charge is 0.508 e. The average Bonchev–Trinajstić information content (AvgIpc) is 1.21. The zero-order valence-corrected chi connectivity index (χ0v) is 45.1. The Morgan fingerprint density at radius 3 is 1.52 bits per heavy atom. The number of hydrogen-bond donors (Lipinski definition) is 16. The number of rotatable bonds is 1. The second kappa shape index (κ2) is 22.2. The number of carbonyl (C=O) groups is 7. The van der Waals surface area contributed by atoms with Gasteiger partial charge in [0.25, 0.3) is 0 Å². The van der Waals surface area contributed by atoms with E-state index in [0.717, 1.165) is 84.9 Å². The summed E-state index contributed by atoms with van der Waals surface area (Å²) in [5.41, 5.74) is 3.63. The van der Waals surface area contributed by atoms with Crippen LogP contribution in [0.5, 0.6) is 69.0 Å². The Balaban J connectivity index is 1.15. The molecule has 0 saturated carbocycles. The lowest BCUT2D eigenvalue weighted by Crippen LogP contribution is -2.55. The fraction of sp³-hybridized carbons (Fsp3) is 0.155. The molecule has 0 unspecified atom stereocenters. The number of carboxylic acids is 1. The van der Waals surface area contributed by atoms with Gasteiger partial charge in [-0.3, -0.25) is 28.8 Å². The molecule has 440 valence electrons. The highest BCUT2D eigenvalue weighted by atomic mass is 35.5. The zero-order valence-electron chi connectivity index (χ0n) is 43.6. The van der Waals surface area contributed by atoms with Crippen molar-refractivity contribution in [3.63, 3.8) is 0 Å². The van der Waals surface area contributed by atoms with E-state index in [1.807, 2.05) is 0 Å². The van der Waals surface area contributed by atoms with Gasteiger partial charge >= 0.3 is 5.97 Å². The minimum Gasteiger partial charge on any atom is -0.508 e. The molecule has 6 heterocycles. The number of carboxylic acid groups (broad SMARTS) is 1. The van der Waals surface area contributed by atoms with Gasteiger partial charge in [-0.2, -0.15) is 0 Å². The summed E-state index contributed by atoms with van der Waals surface area (Å²) in [6, 6.07) is 6.15. The van der Waals surface area contributed by atoms with Crippen LogP contribution in [0, 0.1) is 0 Å². The van der Waals surface area contributed by atoms with Crippen molar-refractivity contribution >= 4 is 64.6 Å². The SMILES string of the molecule is N[C@@H]1C(=O)N[C@H]2C(=O)N[C@H](C(=O)N[C@H]3C(=O)N[C@@H]4C(=O)N[C@H](C(=O)N[C@H](C(=O)O)c5cc(O)cc(O)c5-c5cc4ccc5O)[C@H](O)c4ccc(c(Cl)c4)Oc4cc3cc(c4O)Oc3ccc(cc3Cl)[C@H]2O)c2cc(O)cc(c2)Oc2cc1ccc2O. The molecule has 6 amide bonds. The van der Waals surface area contributed by atoms with Gasteiger partial charge in [-0.15, -0.1) is 0 Å². The molecule has 0 aromatic heterocycles. The lowest BCUT2D eigenvalue weighted by atomic mass is 9.89. The maximum atomic E-state index is 15.7. The van der Waals surface area contributed by atoms with Crippen molar-refractivity contribution in [3.05, 3.63) is 164 Å². The second-order valence-corrected chi connectivity index (χ2v) is 21.0. The number of phenolic OH excluding ortho intramolecular Hbond substituents is 6. The summed E-state index contributed by atoms with van der Waals surface area (Å²) < 4.78 is 18.3. The van der Waals surface area contributed by atoms with Crippen molar-refractivity contribution in [2.75, 3.05) is 0 Å². The maximum absolute atomic E-state index is 15.7. The van der Waals surface area contributed by atoms with Crippen molar-refractivity contribution in [2.45, 2.75) is 54.5 Å². The highest BCUT2D eigenvalue weighted by Crippen LogP contribution is 2.48. The molecule has 9 atom stereocenters. The van der Waals surface area contributed by atoms with Crippen LogP contribution < -0.4 is 51.8 Å². The number of carbonyl (C=O) groups excluding carboxylic acids is 6. The molecule has 7 aromatic rings. The predicted molar refractivity (Wildman–Crippen MR) is 296 cm³/mol. The fourth-order valence-corrected chi connectivity index (χ4v) is 10.7. The van der Waals surface area contributed by atoms with E-state index in [4.69, 9.17) is 43.1 Å². The number of benzene rings is 7. The zero-order chi connectivity index (χ0) is 61.3. The van der Waals surface area contributed by atoms with Gasteiger partial charge in [-0.05, 0) is 112 Å². The maximum Gasteiger partial charge on any atom is 0.330 e. The number of nitrogens with one attached hydrogen (secondary N) is 6. The molecule has 0 fully saturated rings. The van der Waals surface area contributed by atoms with E-state index < -0.39 is 159 Å². The number of hydrogen-bond acceptors (Lipinski definition) is 19. The van der Waals surface area contributed by atoms with Gasteiger partial charge in [-0.1, -0.05) is 47.5 Å². The number of ether oxygens (including phenoxy) is 3. The van der Waals surface area contributed by atoms with Gasteiger partial charge in [0.15, 0.2) is 29.0 Å². The van der Waals surface area contributed by atoms with E-state index in [1.54, 1.807) is 0 Å². The van der Waals surface area contributed by atoms with Crippen LogP contribution in [0.4, 0.5) is 0 Å². The van der Waals surface area contributed by atoms with Crippen molar-refractivity contribution < 1.29 is 93.7 Å². The standard InChI is InChI=1S/C58H45Cl2N7O19/c59-31-12-22-3-7-36(31)85-39-15-25-16-40(51(39)75)86-37-8-4-23(13-32(37)60)50(74)48-57(81)65-46(58(82)83)30-18-27(69)19-35(72)41(30)29-11-21(2-5-33(29)70)43(53(77)67-48)62-55(79)45(25)63-54(78)44-24-9-26(68)17-28(10-24)84-38-14-20(1-6-34(38)71)42(61)52(76)66-47(49(22)73)56(80)64-44/h1-19,42-50,68-75H,61H2,(H,62,79)(H,63,78)(H,64,80)(H,65,81)(H,66,76)(H,67,77)(H,82,83)/t42-,43-,44-,45+,46-,47+,48-,49+,50+/m0/s1. The van der Waals surface area contributed by atoms with E-state index in [9.17, 15) is 65.1 Å². The van der Waals surface area contributed by atoms with E-state index in [-0.39, 0.29) is 66.4 Å². The fourth-order valence-electron chi connectivity index (χ4n) is 10.3. The van der Waals surface area contributed by atoms with Gasteiger partial charge in [0.05, 0.1) is 10.0 Å². The van der Waals surface area contributed by atoms with E-state index in [1.165, 1.54) is 30.3 Å². The Morgan fingerprint density at radius 1 is 0.442 bits per heavy atom. The molecule has 0 spiro atoms. The summed E-state index contributed by atoms with van der Waals surface area (Å²) in [5, 5.41) is 116. The summed E-state index contributed by atoms with van der Waals surface area (Å²) in [6.45, 7) is 0. The Bertz CT molecular complexity index is 4070. The predicted octanol–water partition coefficient (Wildman–Crippen LogP) is 4.48. The molecule has 86 heavy (non-hydrogen) atoms. The van der Waals surface area contributed by atoms with Crippen LogP contribution >= 0.6 is 23.2 Å². The second-order valence-electron chi connectivity index (χ2n) is 20.2. The van der Waals surface area contributed by atoms with Gasteiger partial charge in [-0.25, -0.2) is 4.79 Å². The summed E-state index contributed by atoms with van der Waals surface area (Å²) >= 11 is 13.6. The average molecular weight is 1210 g/mol. The highest BCUT2D eigenvalue weighted by molar-refractivity contribution is 6.32. The Kier molecular flexibility index (Phi) is 14.8. The van der Waals surface area contributed by atoms with E-state index in [0.29, 0.717) is 0 Å². The van der Waals surface area contributed by atoms with Gasteiger partial charge in [0.2, 0.25) is 41.2 Å². The number of fused-ring (bicyclic) bond motifs is 14. The summed E-state index contributed by atoms with van der Waals surface area (Å²) in [7, 11) is 0. The first kappa shape index (κ1) is 57.3. The Hall–Kier alpha value is -10.5. The minimum atomic E-state index is -2.22. The third-order valence-corrected chi connectivity index (χ3v) is 15.2. The molecular formula is C58H45Cl2N7O19. The summed E-state index contributed by atoms with van der Waals surface area (Å²) in [6.07, 6.45) is -4.18. The molecular weight excluding hydrogens is 1170 g/mol. The molecule has 26 nitrogen and oxygen atoms in total. The third kappa shape index (κ3) is 10.8. The van der Waals surface area contributed by atoms with Crippen LogP contribution in [0.3, 0.4) is 0 Å². The summed E-state index contributed by atoms with van der Waals surface area (Å²) in [5.74, 6) is -16.0. The number of aliphatic hydroxyl groups excluding tert-OH is 2. The van der Waals surface area contributed by atoms with Crippen LogP contribution in [0.2, 0.25) is 10.0 Å². The van der Waals surface area contributed by atoms with Crippen LogP contribution in [-0.2, 0) is 33.6 Å². The van der Waals surface area contributed by atoms with Crippen molar-refractivity contribution in [3.8, 4) is 80.1 Å². The molecule has 17 bridgehead atoms. The number of halogens is 2. The number of phenols is 6. The van der Waals surface area contributed by atoms with Crippen LogP contribution in [0.1, 0.15) is 81.4 Å². The first-order valence-corrected chi connectivity index (χ1v) is 26.4. The molecule has 0 saturated heterocycles. The lowest BCUT2D eigenvalue weighted by molar-refractivity contribution is -0.143. The first-order chi connectivity index (χ1) is 40.9. The molecule has 6 aliphatic heterocycles. The number of amides is 6.